The molecule has 5 nitrogen and oxygen atoms in total. The summed E-state index contributed by atoms with van der Waals surface area (Å²) in [5, 5.41) is 0. The Balaban J connectivity index is 1.98. The van der Waals surface area contributed by atoms with Crippen molar-refractivity contribution >= 4 is 11.9 Å². The van der Waals surface area contributed by atoms with Crippen LogP contribution in [0.3, 0.4) is 0 Å². The Morgan fingerprint density at radius 2 is 2.00 bits per heavy atom. The zero-order valence-electron chi connectivity index (χ0n) is 8.93. The Kier molecular flexibility index (Phi) is 2.76. The van der Waals surface area contributed by atoms with E-state index >= 15 is 0 Å². The minimum absolute atomic E-state index is 0.0599. The number of hydrogen-bond acceptors (Lipinski definition) is 1. The van der Waals surface area contributed by atoms with Crippen LogP contribution in [0, 0.1) is 0 Å². The van der Waals surface area contributed by atoms with Crippen LogP contribution in [-0.2, 0) is 6.42 Å². The second-order valence-corrected chi connectivity index (χ2v) is 3.84. The van der Waals surface area contributed by atoms with E-state index in [1.54, 1.807) is 0 Å². The minimum atomic E-state index is -0.0599. The first-order valence-electron chi connectivity index (χ1n) is 5.14. The van der Waals surface area contributed by atoms with Gasteiger partial charge in [0, 0.05) is 5.92 Å². The summed E-state index contributed by atoms with van der Waals surface area (Å²) in [7, 11) is 0. The normalized spacial score (nSPS) is 18.5. The largest absolute Gasteiger partial charge is 0.370 e. The average Bonchev–Trinajstić information content (AvgIpc) is 2.18. The molecule has 1 aromatic carbocycles. The molecule has 0 fully saturated rings. The SMILES string of the molecule is NC(N)=NC(N)=NCC1Cc2ccccc21. The van der Waals surface area contributed by atoms with E-state index in [1.165, 1.54) is 11.1 Å². The van der Waals surface area contributed by atoms with Gasteiger partial charge in [0.2, 0.25) is 5.96 Å². The van der Waals surface area contributed by atoms with Gasteiger partial charge in [0.15, 0.2) is 5.96 Å². The van der Waals surface area contributed by atoms with Gasteiger partial charge in [0.25, 0.3) is 0 Å². The molecule has 6 N–H and O–H groups in total. The van der Waals surface area contributed by atoms with Crippen molar-refractivity contribution in [2.24, 2.45) is 27.2 Å². The third-order valence-corrected chi connectivity index (χ3v) is 2.68. The highest BCUT2D eigenvalue weighted by atomic mass is 15.1. The van der Waals surface area contributed by atoms with Crippen molar-refractivity contribution in [1.82, 2.24) is 0 Å². The molecule has 0 saturated carbocycles. The lowest BCUT2D eigenvalue weighted by Crippen LogP contribution is -2.27. The average molecular weight is 217 g/mol. The summed E-state index contributed by atoms with van der Waals surface area (Å²) < 4.78 is 0. The molecule has 0 heterocycles. The van der Waals surface area contributed by atoms with Crippen molar-refractivity contribution in [3.8, 4) is 0 Å². The first-order chi connectivity index (χ1) is 7.66. The van der Waals surface area contributed by atoms with Gasteiger partial charge in [0.1, 0.15) is 0 Å². The van der Waals surface area contributed by atoms with Crippen LogP contribution in [0.4, 0.5) is 0 Å². The summed E-state index contributed by atoms with van der Waals surface area (Å²) >= 11 is 0. The second-order valence-electron chi connectivity index (χ2n) is 3.84. The van der Waals surface area contributed by atoms with Crippen LogP contribution in [0.25, 0.3) is 0 Å². The molecular weight excluding hydrogens is 202 g/mol. The topological polar surface area (TPSA) is 103 Å². The van der Waals surface area contributed by atoms with E-state index in [1.807, 2.05) is 12.1 Å². The smallest absolute Gasteiger partial charge is 0.218 e. The fourth-order valence-corrected chi connectivity index (χ4v) is 1.90. The van der Waals surface area contributed by atoms with Gasteiger partial charge < -0.3 is 17.2 Å². The van der Waals surface area contributed by atoms with Crippen molar-refractivity contribution < 1.29 is 0 Å². The molecule has 0 saturated heterocycles. The molecular formula is C11H15N5. The molecule has 5 heteroatoms. The zero-order valence-corrected chi connectivity index (χ0v) is 8.93. The quantitative estimate of drug-likeness (QED) is 0.476. The van der Waals surface area contributed by atoms with Crippen LogP contribution in [0.15, 0.2) is 34.3 Å². The van der Waals surface area contributed by atoms with Crippen LogP contribution in [0.2, 0.25) is 0 Å². The summed E-state index contributed by atoms with van der Waals surface area (Å²) in [6, 6.07) is 8.34. The molecule has 0 radical (unpaired) electrons. The molecule has 2 rings (SSSR count). The lowest BCUT2D eigenvalue weighted by molar-refractivity contribution is 0.619. The highest BCUT2D eigenvalue weighted by molar-refractivity contribution is 5.92. The molecule has 1 aliphatic rings. The molecule has 16 heavy (non-hydrogen) atoms. The number of rotatable bonds is 2. The summed E-state index contributed by atoms with van der Waals surface area (Å²) in [6.07, 6.45) is 1.05. The fourth-order valence-electron chi connectivity index (χ4n) is 1.90. The molecule has 0 aromatic heterocycles. The maximum atomic E-state index is 5.52. The third-order valence-electron chi connectivity index (χ3n) is 2.68. The Bertz CT molecular complexity index is 445. The Labute approximate surface area is 94.1 Å². The number of guanidine groups is 2. The van der Waals surface area contributed by atoms with Crippen molar-refractivity contribution in [2.75, 3.05) is 6.54 Å². The van der Waals surface area contributed by atoms with Crippen LogP contribution in [-0.4, -0.2) is 18.5 Å². The first-order valence-corrected chi connectivity index (χ1v) is 5.14. The van der Waals surface area contributed by atoms with Crippen LogP contribution in [0.5, 0.6) is 0 Å². The number of hydrogen-bond donors (Lipinski definition) is 3. The van der Waals surface area contributed by atoms with Crippen LogP contribution < -0.4 is 17.2 Å². The standard InChI is InChI=1S/C11H15N5/c12-10(13)16-11(14)15-6-8-5-7-3-1-2-4-9(7)8/h1-4,8H,5-6H2,(H6,12,13,14,15,16). The number of nitrogens with zero attached hydrogens (tertiary/aromatic N) is 2. The molecule has 0 aliphatic heterocycles. The van der Waals surface area contributed by atoms with Crippen LogP contribution in [0.1, 0.15) is 17.0 Å². The summed E-state index contributed by atoms with van der Waals surface area (Å²) in [5.74, 6) is 0.531. The molecule has 1 unspecified atom stereocenters. The van der Waals surface area contributed by atoms with Crippen LogP contribution >= 0.6 is 0 Å². The van der Waals surface area contributed by atoms with Crippen molar-refractivity contribution in [3.63, 3.8) is 0 Å². The van der Waals surface area contributed by atoms with Gasteiger partial charge in [0.05, 0.1) is 6.54 Å². The zero-order chi connectivity index (χ0) is 11.5. The lowest BCUT2D eigenvalue weighted by Gasteiger charge is -2.28. The summed E-state index contributed by atoms with van der Waals surface area (Å²) in [6.45, 7) is 0.639. The van der Waals surface area contributed by atoms with E-state index in [4.69, 9.17) is 17.2 Å². The summed E-state index contributed by atoms with van der Waals surface area (Å²) in [4.78, 5) is 7.80. The van der Waals surface area contributed by atoms with E-state index in [2.05, 4.69) is 22.1 Å². The highest BCUT2D eigenvalue weighted by Gasteiger charge is 2.24. The Morgan fingerprint density at radius 3 is 2.69 bits per heavy atom. The van der Waals surface area contributed by atoms with Gasteiger partial charge in [-0.05, 0) is 17.5 Å². The maximum Gasteiger partial charge on any atom is 0.218 e. The number of benzene rings is 1. The van der Waals surface area contributed by atoms with Gasteiger partial charge in [-0.3, -0.25) is 4.99 Å². The number of fused-ring (bicyclic) bond motifs is 1. The molecule has 1 atom stereocenters. The Morgan fingerprint density at radius 1 is 1.25 bits per heavy atom. The lowest BCUT2D eigenvalue weighted by atomic mass is 9.78. The minimum Gasteiger partial charge on any atom is -0.370 e. The van der Waals surface area contributed by atoms with Crippen molar-refractivity contribution in [1.29, 1.82) is 0 Å². The van der Waals surface area contributed by atoms with E-state index < -0.39 is 0 Å². The first kappa shape index (κ1) is 10.5. The monoisotopic (exact) mass is 217 g/mol. The molecule has 84 valence electrons. The Hall–Kier alpha value is -2.04. The molecule has 0 amide bonds. The third kappa shape index (κ3) is 2.13. The molecule has 0 spiro atoms. The van der Waals surface area contributed by atoms with Crippen molar-refractivity contribution in [2.45, 2.75) is 12.3 Å². The highest BCUT2D eigenvalue weighted by Crippen LogP contribution is 2.34. The molecule has 0 bridgehead atoms. The van der Waals surface area contributed by atoms with E-state index in [9.17, 15) is 0 Å². The summed E-state index contributed by atoms with van der Waals surface area (Å²) in [5.41, 5.74) is 18.6. The molecule has 1 aliphatic carbocycles. The van der Waals surface area contributed by atoms with E-state index in [0.29, 0.717) is 12.5 Å². The van der Waals surface area contributed by atoms with E-state index in [-0.39, 0.29) is 11.9 Å². The van der Waals surface area contributed by atoms with Gasteiger partial charge >= 0.3 is 0 Å². The predicted molar refractivity (Wildman–Crippen MR) is 65.2 cm³/mol. The van der Waals surface area contributed by atoms with Gasteiger partial charge in [-0.1, -0.05) is 24.3 Å². The fraction of sp³-hybridized carbons (Fsp3) is 0.273. The second kappa shape index (κ2) is 4.22. The number of aliphatic imine (C=N–C) groups is 2. The predicted octanol–water partition coefficient (Wildman–Crippen LogP) is -0.0856. The van der Waals surface area contributed by atoms with Gasteiger partial charge in [-0.2, -0.15) is 4.99 Å². The van der Waals surface area contributed by atoms with Crippen molar-refractivity contribution in [3.05, 3.63) is 35.4 Å². The van der Waals surface area contributed by atoms with Gasteiger partial charge in [-0.25, -0.2) is 0 Å². The van der Waals surface area contributed by atoms with E-state index in [0.717, 1.165) is 6.42 Å². The number of nitrogens with two attached hydrogens (primary N) is 3. The molecule has 1 aromatic rings. The van der Waals surface area contributed by atoms with Gasteiger partial charge in [-0.15, -0.1) is 0 Å². The maximum absolute atomic E-state index is 5.52.